The SMILES string of the molecule is CC(=O)CCc1ccc(OC[C@@H](O)CN2CCNC(=O)C2)cc1. The number of ether oxygens (including phenoxy) is 1. The van der Waals surface area contributed by atoms with Gasteiger partial charge in [0, 0.05) is 26.1 Å². The maximum absolute atomic E-state index is 11.3. The van der Waals surface area contributed by atoms with E-state index >= 15 is 0 Å². The van der Waals surface area contributed by atoms with Crippen molar-refractivity contribution in [2.45, 2.75) is 25.9 Å². The predicted molar refractivity (Wildman–Crippen MR) is 86.4 cm³/mol. The molecule has 23 heavy (non-hydrogen) atoms. The molecule has 0 radical (unpaired) electrons. The van der Waals surface area contributed by atoms with Gasteiger partial charge in [0.1, 0.15) is 24.2 Å². The van der Waals surface area contributed by atoms with Gasteiger partial charge in [-0.15, -0.1) is 0 Å². The maximum Gasteiger partial charge on any atom is 0.234 e. The molecule has 6 nitrogen and oxygen atoms in total. The van der Waals surface area contributed by atoms with Crippen LogP contribution in [0.2, 0.25) is 0 Å². The zero-order valence-corrected chi connectivity index (χ0v) is 13.5. The fourth-order valence-corrected chi connectivity index (χ4v) is 2.46. The average Bonchev–Trinajstić information content (AvgIpc) is 2.52. The molecule has 1 aromatic rings. The normalized spacial score (nSPS) is 16.7. The minimum atomic E-state index is -0.640. The van der Waals surface area contributed by atoms with E-state index in [-0.39, 0.29) is 18.3 Å². The number of nitrogens with zero attached hydrogens (tertiary/aromatic N) is 1. The van der Waals surface area contributed by atoms with Crippen molar-refractivity contribution in [3.8, 4) is 5.75 Å². The third-order valence-corrected chi connectivity index (χ3v) is 3.72. The summed E-state index contributed by atoms with van der Waals surface area (Å²) in [6, 6.07) is 7.55. The highest BCUT2D eigenvalue weighted by atomic mass is 16.5. The minimum absolute atomic E-state index is 0.00878. The van der Waals surface area contributed by atoms with Crippen LogP contribution in [0, 0.1) is 0 Å². The Morgan fingerprint density at radius 3 is 2.78 bits per heavy atom. The van der Waals surface area contributed by atoms with Gasteiger partial charge in [0.15, 0.2) is 0 Å². The number of hydrogen-bond acceptors (Lipinski definition) is 5. The Morgan fingerprint density at radius 1 is 1.39 bits per heavy atom. The summed E-state index contributed by atoms with van der Waals surface area (Å²) in [5.41, 5.74) is 1.09. The first-order valence-corrected chi connectivity index (χ1v) is 7.91. The molecule has 0 aromatic heterocycles. The molecular formula is C17H24N2O4. The Hall–Kier alpha value is -1.92. The van der Waals surface area contributed by atoms with Crippen LogP contribution >= 0.6 is 0 Å². The van der Waals surface area contributed by atoms with Crippen LogP contribution in [0.3, 0.4) is 0 Å². The lowest BCUT2D eigenvalue weighted by atomic mass is 10.1. The number of nitrogens with one attached hydrogen (secondary N) is 1. The van der Waals surface area contributed by atoms with E-state index in [4.69, 9.17) is 4.74 Å². The number of benzene rings is 1. The van der Waals surface area contributed by atoms with Crippen molar-refractivity contribution in [2.75, 3.05) is 32.8 Å². The van der Waals surface area contributed by atoms with Crippen molar-refractivity contribution in [1.29, 1.82) is 0 Å². The smallest absolute Gasteiger partial charge is 0.234 e. The first-order chi connectivity index (χ1) is 11.0. The molecule has 1 atom stereocenters. The topological polar surface area (TPSA) is 78.9 Å². The van der Waals surface area contributed by atoms with Crippen molar-refractivity contribution < 1.29 is 19.4 Å². The molecule has 0 saturated carbocycles. The number of amides is 1. The van der Waals surface area contributed by atoms with Crippen LogP contribution in [0.1, 0.15) is 18.9 Å². The van der Waals surface area contributed by atoms with Gasteiger partial charge in [0.25, 0.3) is 0 Å². The largest absolute Gasteiger partial charge is 0.491 e. The highest BCUT2D eigenvalue weighted by Crippen LogP contribution is 2.14. The first-order valence-electron chi connectivity index (χ1n) is 7.91. The number of aryl methyl sites for hydroxylation is 1. The zero-order chi connectivity index (χ0) is 16.7. The average molecular weight is 320 g/mol. The highest BCUT2D eigenvalue weighted by molar-refractivity contribution is 5.78. The van der Waals surface area contributed by atoms with E-state index in [1.54, 1.807) is 6.92 Å². The van der Waals surface area contributed by atoms with Crippen molar-refractivity contribution in [2.24, 2.45) is 0 Å². The molecule has 1 heterocycles. The zero-order valence-electron chi connectivity index (χ0n) is 13.5. The van der Waals surface area contributed by atoms with Gasteiger partial charge in [-0.05, 0) is 31.0 Å². The number of carbonyl (C=O) groups is 2. The number of piperazine rings is 1. The third-order valence-electron chi connectivity index (χ3n) is 3.72. The number of Topliss-reactive ketones (excluding diaryl/α,β-unsaturated/α-hetero) is 1. The van der Waals surface area contributed by atoms with E-state index in [2.05, 4.69) is 5.32 Å². The van der Waals surface area contributed by atoms with Crippen LogP contribution in [0.4, 0.5) is 0 Å². The Labute approximate surface area is 136 Å². The lowest BCUT2D eigenvalue weighted by molar-refractivity contribution is -0.124. The molecule has 2 rings (SSSR count). The summed E-state index contributed by atoms with van der Waals surface area (Å²) in [5.74, 6) is 0.859. The van der Waals surface area contributed by atoms with Gasteiger partial charge in [-0.3, -0.25) is 9.69 Å². The number of aliphatic hydroxyl groups excluding tert-OH is 1. The number of rotatable bonds is 8. The summed E-state index contributed by atoms with van der Waals surface area (Å²) in [5, 5.41) is 12.8. The van der Waals surface area contributed by atoms with Crippen molar-refractivity contribution in [3.63, 3.8) is 0 Å². The van der Waals surface area contributed by atoms with Crippen molar-refractivity contribution in [1.82, 2.24) is 10.2 Å². The number of carbonyl (C=O) groups excluding carboxylic acids is 2. The first kappa shape index (κ1) is 17.4. The van der Waals surface area contributed by atoms with Gasteiger partial charge < -0.3 is 20.0 Å². The molecule has 0 unspecified atom stereocenters. The summed E-state index contributed by atoms with van der Waals surface area (Å²) >= 11 is 0. The number of aliphatic hydroxyl groups is 1. The molecule has 1 fully saturated rings. The molecule has 1 aliphatic rings. The Morgan fingerprint density at radius 2 is 2.13 bits per heavy atom. The second-order valence-electron chi connectivity index (χ2n) is 5.90. The molecule has 2 N–H and O–H groups in total. The molecule has 6 heteroatoms. The summed E-state index contributed by atoms with van der Waals surface area (Å²) in [4.78, 5) is 24.2. The van der Waals surface area contributed by atoms with Gasteiger partial charge in [0.2, 0.25) is 5.91 Å². The highest BCUT2D eigenvalue weighted by Gasteiger charge is 2.19. The van der Waals surface area contributed by atoms with Crippen LogP contribution in [-0.2, 0) is 16.0 Å². The van der Waals surface area contributed by atoms with E-state index in [1.165, 1.54) is 0 Å². The summed E-state index contributed by atoms with van der Waals surface area (Å²) < 4.78 is 5.57. The summed E-state index contributed by atoms with van der Waals surface area (Å²) in [7, 11) is 0. The van der Waals surface area contributed by atoms with Gasteiger partial charge in [-0.1, -0.05) is 12.1 Å². The van der Waals surface area contributed by atoms with Crippen molar-refractivity contribution in [3.05, 3.63) is 29.8 Å². The number of ketones is 1. The number of hydrogen-bond donors (Lipinski definition) is 2. The van der Waals surface area contributed by atoms with Crippen molar-refractivity contribution >= 4 is 11.7 Å². The fourth-order valence-electron chi connectivity index (χ4n) is 2.46. The van der Waals surface area contributed by atoms with Crippen LogP contribution in [0.25, 0.3) is 0 Å². The molecule has 1 amide bonds. The minimum Gasteiger partial charge on any atom is -0.491 e. The molecule has 126 valence electrons. The molecule has 0 aliphatic carbocycles. The summed E-state index contributed by atoms with van der Waals surface area (Å²) in [6.45, 7) is 3.88. The second kappa shape index (κ2) is 8.64. The fraction of sp³-hybridized carbons (Fsp3) is 0.529. The van der Waals surface area contributed by atoms with Gasteiger partial charge in [-0.25, -0.2) is 0 Å². The second-order valence-corrected chi connectivity index (χ2v) is 5.90. The molecule has 1 aromatic carbocycles. The van der Waals surface area contributed by atoms with Gasteiger partial charge in [-0.2, -0.15) is 0 Å². The standard InChI is InChI=1S/C17H24N2O4/c1-13(20)2-3-14-4-6-16(7-5-14)23-12-15(21)10-19-9-8-18-17(22)11-19/h4-7,15,21H,2-3,8-12H2,1H3,(H,18,22)/t15-/m0/s1. The Balaban J connectivity index is 1.72. The monoisotopic (exact) mass is 320 g/mol. The third kappa shape index (κ3) is 6.38. The summed E-state index contributed by atoms with van der Waals surface area (Å²) in [6.07, 6.45) is 0.635. The Bertz CT molecular complexity index is 530. The molecule has 1 saturated heterocycles. The van der Waals surface area contributed by atoms with E-state index < -0.39 is 6.10 Å². The number of β-amino-alcohol motifs (C(OH)–C–C–N with tert-alkyl or cyclic N) is 1. The van der Waals surface area contributed by atoms with E-state index in [0.717, 1.165) is 18.5 Å². The molecule has 1 aliphatic heterocycles. The molecule has 0 bridgehead atoms. The van der Waals surface area contributed by atoms with E-state index in [9.17, 15) is 14.7 Å². The predicted octanol–water partition coefficient (Wildman–Crippen LogP) is 0.380. The molecule has 0 spiro atoms. The van der Waals surface area contributed by atoms with Crippen LogP contribution in [0.5, 0.6) is 5.75 Å². The van der Waals surface area contributed by atoms with E-state index in [1.807, 2.05) is 29.2 Å². The van der Waals surface area contributed by atoms with Gasteiger partial charge in [0.05, 0.1) is 6.54 Å². The quantitative estimate of drug-likeness (QED) is 0.724. The lowest BCUT2D eigenvalue weighted by Gasteiger charge is -2.28. The molecular weight excluding hydrogens is 296 g/mol. The van der Waals surface area contributed by atoms with Crippen LogP contribution < -0.4 is 10.1 Å². The van der Waals surface area contributed by atoms with E-state index in [0.29, 0.717) is 31.8 Å². The van der Waals surface area contributed by atoms with Crippen LogP contribution in [-0.4, -0.2) is 60.6 Å². The maximum atomic E-state index is 11.3. The Kier molecular flexibility index (Phi) is 6.55. The van der Waals surface area contributed by atoms with Crippen LogP contribution in [0.15, 0.2) is 24.3 Å². The van der Waals surface area contributed by atoms with Gasteiger partial charge >= 0.3 is 0 Å². The lowest BCUT2D eigenvalue weighted by Crippen LogP contribution is -2.50.